The molecule has 20 heavy (non-hydrogen) atoms. The monoisotopic (exact) mass is 385 g/mol. The third kappa shape index (κ3) is 5.20. The molecule has 0 radical (unpaired) electrons. The van der Waals surface area contributed by atoms with E-state index in [1.807, 2.05) is 55.2 Å². The Morgan fingerprint density at radius 3 is 2.80 bits per heavy atom. The lowest BCUT2D eigenvalue weighted by molar-refractivity contribution is 0.625. The summed E-state index contributed by atoms with van der Waals surface area (Å²) < 4.78 is 1.86. The number of nitrogens with one attached hydrogen (secondary N) is 1. The average molecular weight is 385 g/mol. The molecule has 0 atom stereocenters. The van der Waals surface area contributed by atoms with Gasteiger partial charge in [-0.25, -0.2) is 0 Å². The summed E-state index contributed by atoms with van der Waals surface area (Å²) in [6.45, 7) is 5.38. The predicted octanol–water partition coefficient (Wildman–Crippen LogP) is 2.54. The second kappa shape index (κ2) is 7.88. The van der Waals surface area contributed by atoms with Crippen LogP contribution < -0.4 is 11.1 Å². The van der Waals surface area contributed by atoms with Gasteiger partial charge >= 0.3 is 0 Å². The molecule has 0 aliphatic heterocycles. The van der Waals surface area contributed by atoms with Gasteiger partial charge in [0.1, 0.15) is 0 Å². The summed E-state index contributed by atoms with van der Waals surface area (Å²) in [6, 6.07) is 8.02. The summed E-state index contributed by atoms with van der Waals surface area (Å²) in [7, 11) is 0. The van der Waals surface area contributed by atoms with E-state index in [2.05, 4.69) is 15.4 Å². The average Bonchev–Trinajstić information content (AvgIpc) is 2.75. The fourth-order valence-electron chi connectivity index (χ4n) is 1.77. The third-order valence-electron chi connectivity index (χ3n) is 2.66. The summed E-state index contributed by atoms with van der Waals surface area (Å²) in [5.41, 5.74) is 9.12. The lowest BCUT2D eigenvalue weighted by atomic mass is 10.2. The van der Waals surface area contributed by atoms with E-state index < -0.39 is 0 Å². The van der Waals surface area contributed by atoms with Gasteiger partial charge in [0.15, 0.2) is 5.96 Å². The maximum absolute atomic E-state index is 5.83. The zero-order chi connectivity index (χ0) is 13.7. The van der Waals surface area contributed by atoms with Crippen molar-refractivity contribution in [2.24, 2.45) is 10.7 Å². The SMILES string of the molecule is Cc1cccc(NC(N)=NCCn2cc(C)cn2)c1.I. The number of hydrogen-bond acceptors (Lipinski definition) is 2. The van der Waals surface area contributed by atoms with E-state index in [1.165, 1.54) is 5.56 Å². The molecule has 6 heteroatoms. The first-order valence-corrected chi connectivity index (χ1v) is 6.26. The number of nitrogens with two attached hydrogens (primary N) is 1. The Balaban J connectivity index is 0.00000200. The second-order valence-electron chi connectivity index (χ2n) is 4.54. The Morgan fingerprint density at radius 2 is 2.15 bits per heavy atom. The van der Waals surface area contributed by atoms with Crippen molar-refractivity contribution in [1.29, 1.82) is 0 Å². The standard InChI is InChI=1S/C14H19N5.HI/c1-11-4-3-5-13(8-11)18-14(15)16-6-7-19-10-12(2)9-17-19;/h3-5,8-10H,6-7H2,1-2H3,(H3,15,16,18);1H. The first-order valence-electron chi connectivity index (χ1n) is 6.26. The minimum absolute atomic E-state index is 0. The quantitative estimate of drug-likeness (QED) is 0.483. The summed E-state index contributed by atoms with van der Waals surface area (Å²) in [5.74, 6) is 0.425. The first-order chi connectivity index (χ1) is 9.13. The van der Waals surface area contributed by atoms with Crippen LogP contribution in [0.1, 0.15) is 11.1 Å². The lowest BCUT2D eigenvalue weighted by Crippen LogP contribution is -2.23. The molecule has 0 amide bonds. The number of guanidine groups is 1. The number of aryl methyl sites for hydroxylation is 2. The van der Waals surface area contributed by atoms with Crippen molar-refractivity contribution in [3.63, 3.8) is 0 Å². The minimum atomic E-state index is 0. The molecule has 0 unspecified atom stereocenters. The summed E-state index contributed by atoms with van der Waals surface area (Å²) in [4.78, 5) is 4.28. The van der Waals surface area contributed by atoms with Crippen molar-refractivity contribution < 1.29 is 0 Å². The van der Waals surface area contributed by atoms with E-state index in [9.17, 15) is 0 Å². The highest BCUT2D eigenvalue weighted by atomic mass is 127. The van der Waals surface area contributed by atoms with Gasteiger partial charge in [-0.1, -0.05) is 12.1 Å². The van der Waals surface area contributed by atoms with E-state index in [4.69, 9.17) is 5.73 Å². The van der Waals surface area contributed by atoms with Gasteiger partial charge in [0.25, 0.3) is 0 Å². The number of benzene rings is 1. The molecule has 0 fully saturated rings. The highest BCUT2D eigenvalue weighted by Gasteiger charge is 1.96. The topological polar surface area (TPSA) is 68.2 Å². The van der Waals surface area contributed by atoms with Crippen LogP contribution >= 0.6 is 24.0 Å². The van der Waals surface area contributed by atoms with Crippen LogP contribution in [0.4, 0.5) is 5.69 Å². The van der Waals surface area contributed by atoms with Crippen LogP contribution in [0.5, 0.6) is 0 Å². The maximum atomic E-state index is 5.83. The van der Waals surface area contributed by atoms with Gasteiger partial charge in [0, 0.05) is 11.9 Å². The highest BCUT2D eigenvalue weighted by Crippen LogP contribution is 2.08. The molecule has 108 valence electrons. The molecule has 2 rings (SSSR count). The van der Waals surface area contributed by atoms with Crippen molar-refractivity contribution in [3.8, 4) is 0 Å². The Morgan fingerprint density at radius 1 is 1.35 bits per heavy atom. The molecule has 0 bridgehead atoms. The summed E-state index contributed by atoms with van der Waals surface area (Å²) >= 11 is 0. The zero-order valence-corrected chi connectivity index (χ0v) is 14.0. The van der Waals surface area contributed by atoms with Crippen molar-refractivity contribution in [3.05, 3.63) is 47.8 Å². The van der Waals surface area contributed by atoms with Crippen molar-refractivity contribution in [2.75, 3.05) is 11.9 Å². The molecule has 0 saturated heterocycles. The lowest BCUT2D eigenvalue weighted by Gasteiger charge is -2.06. The van der Waals surface area contributed by atoms with Crippen LogP contribution in [0, 0.1) is 13.8 Å². The number of anilines is 1. The highest BCUT2D eigenvalue weighted by molar-refractivity contribution is 14.0. The number of aromatic nitrogens is 2. The van der Waals surface area contributed by atoms with E-state index >= 15 is 0 Å². The molecule has 0 saturated carbocycles. The number of hydrogen-bond donors (Lipinski definition) is 2. The predicted molar refractivity (Wildman–Crippen MR) is 93.7 cm³/mol. The molecule has 1 aromatic heterocycles. The van der Waals surface area contributed by atoms with Crippen LogP contribution in [-0.2, 0) is 6.54 Å². The van der Waals surface area contributed by atoms with Gasteiger partial charge in [-0.15, -0.1) is 24.0 Å². The second-order valence-corrected chi connectivity index (χ2v) is 4.54. The molecule has 0 aliphatic carbocycles. The first kappa shape index (κ1) is 16.5. The van der Waals surface area contributed by atoms with Crippen LogP contribution in [0.25, 0.3) is 0 Å². The van der Waals surface area contributed by atoms with Gasteiger partial charge in [-0.05, 0) is 37.1 Å². The largest absolute Gasteiger partial charge is 0.370 e. The molecule has 0 aliphatic rings. The van der Waals surface area contributed by atoms with Crippen LogP contribution in [-0.4, -0.2) is 22.3 Å². The third-order valence-corrected chi connectivity index (χ3v) is 2.66. The number of rotatable bonds is 4. The van der Waals surface area contributed by atoms with Crippen LogP contribution in [0.15, 0.2) is 41.7 Å². The van der Waals surface area contributed by atoms with Crippen molar-refractivity contribution in [1.82, 2.24) is 9.78 Å². The number of aliphatic imine (C=N–C) groups is 1. The fraction of sp³-hybridized carbons (Fsp3) is 0.286. The van der Waals surface area contributed by atoms with E-state index in [-0.39, 0.29) is 24.0 Å². The van der Waals surface area contributed by atoms with E-state index in [0.29, 0.717) is 12.5 Å². The maximum Gasteiger partial charge on any atom is 0.193 e. The number of halogens is 1. The fourth-order valence-corrected chi connectivity index (χ4v) is 1.77. The van der Waals surface area contributed by atoms with Gasteiger partial charge in [-0.2, -0.15) is 5.10 Å². The van der Waals surface area contributed by atoms with Gasteiger partial charge in [-0.3, -0.25) is 9.67 Å². The van der Waals surface area contributed by atoms with Crippen molar-refractivity contribution >= 4 is 35.6 Å². The van der Waals surface area contributed by atoms with Gasteiger partial charge in [0.2, 0.25) is 0 Å². The molecular formula is C14H20IN5. The van der Waals surface area contributed by atoms with Gasteiger partial charge < -0.3 is 11.1 Å². The normalized spacial score (nSPS) is 11.0. The van der Waals surface area contributed by atoms with Crippen LogP contribution in [0.2, 0.25) is 0 Å². The van der Waals surface area contributed by atoms with E-state index in [1.54, 1.807) is 0 Å². The summed E-state index contributed by atoms with van der Waals surface area (Å²) in [6.07, 6.45) is 3.82. The van der Waals surface area contributed by atoms with Crippen molar-refractivity contribution in [2.45, 2.75) is 20.4 Å². The molecule has 1 aromatic carbocycles. The number of nitrogens with zero attached hydrogens (tertiary/aromatic N) is 3. The molecule has 3 N–H and O–H groups in total. The van der Waals surface area contributed by atoms with Crippen LogP contribution in [0.3, 0.4) is 0 Å². The molecule has 1 heterocycles. The molecule has 2 aromatic rings. The Hall–Kier alpha value is -1.57. The molecule has 5 nitrogen and oxygen atoms in total. The zero-order valence-electron chi connectivity index (χ0n) is 11.7. The minimum Gasteiger partial charge on any atom is -0.370 e. The van der Waals surface area contributed by atoms with E-state index in [0.717, 1.165) is 17.8 Å². The van der Waals surface area contributed by atoms with Gasteiger partial charge in [0.05, 0.1) is 19.3 Å². The Labute approximate surface area is 136 Å². The Kier molecular flexibility index (Phi) is 6.50. The Bertz CT molecular complexity index is 576. The molecular weight excluding hydrogens is 365 g/mol. The smallest absolute Gasteiger partial charge is 0.193 e. The summed E-state index contributed by atoms with van der Waals surface area (Å²) in [5, 5.41) is 7.27. The molecule has 0 spiro atoms.